The summed E-state index contributed by atoms with van der Waals surface area (Å²) >= 11 is 1.38. The average molecular weight is 507 g/mol. The second-order valence-corrected chi connectivity index (χ2v) is 11.9. The minimum Gasteiger partial charge on any atom is -0.353 e. The molecule has 1 aromatic carbocycles. The van der Waals surface area contributed by atoms with Crippen molar-refractivity contribution in [1.29, 1.82) is 0 Å². The summed E-state index contributed by atoms with van der Waals surface area (Å²) in [4.78, 5) is 14.8. The summed E-state index contributed by atoms with van der Waals surface area (Å²) in [5.41, 5.74) is 0.796. The molecule has 0 unspecified atom stereocenters. The molecule has 2 fully saturated rings. The monoisotopic (exact) mass is 506 g/mol. The summed E-state index contributed by atoms with van der Waals surface area (Å²) < 4.78 is 29.5. The smallest absolute Gasteiger partial charge is 0.243 e. The highest BCUT2D eigenvalue weighted by atomic mass is 32.2. The lowest BCUT2D eigenvalue weighted by molar-refractivity contribution is -0.119. The molecule has 0 atom stereocenters. The lowest BCUT2D eigenvalue weighted by Gasteiger charge is -2.31. The Kier molecular flexibility index (Phi) is 8.28. The van der Waals surface area contributed by atoms with Crippen molar-refractivity contribution in [3.63, 3.8) is 0 Å². The number of sulfonamides is 1. The van der Waals surface area contributed by atoms with E-state index in [1.54, 1.807) is 28.6 Å². The Balaban J connectivity index is 1.41. The summed E-state index contributed by atoms with van der Waals surface area (Å²) in [6, 6.07) is 7.14. The number of thioether (sulfide) groups is 1. The van der Waals surface area contributed by atoms with Crippen molar-refractivity contribution in [1.82, 2.24) is 29.3 Å². The van der Waals surface area contributed by atoms with Crippen LogP contribution >= 0.6 is 11.8 Å². The molecule has 2 aromatic rings. The minimum absolute atomic E-state index is 0.0302. The van der Waals surface area contributed by atoms with Crippen LogP contribution in [0.1, 0.15) is 39.0 Å². The Labute approximate surface area is 206 Å². The van der Waals surface area contributed by atoms with Crippen molar-refractivity contribution in [3.8, 4) is 11.4 Å². The zero-order chi connectivity index (χ0) is 24.1. The number of piperazine rings is 1. The zero-order valence-corrected chi connectivity index (χ0v) is 21.6. The maximum Gasteiger partial charge on any atom is 0.243 e. The van der Waals surface area contributed by atoms with Gasteiger partial charge in [0.2, 0.25) is 15.9 Å². The summed E-state index contributed by atoms with van der Waals surface area (Å²) in [5, 5.41) is 12.5. The molecule has 186 valence electrons. The first-order chi connectivity index (χ1) is 16.4. The van der Waals surface area contributed by atoms with E-state index in [2.05, 4.69) is 20.4 Å². The molecule has 1 saturated carbocycles. The number of amides is 1. The Morgan fingerprint density at radius 1 is 1.06 bits per heavy atom. The molecule has 9 nitrogen and oxygen atoms in total. The number of carbonyl (C=O) groups excluding carboxylic acids is 1. The predicted octanol–water partition coefficient (Wildman–Crippen LogP) is 2.44. The first-order valence-corrected chi connectivity index (χ1v) is 14.5. The van der Waals surface area contributed by atoms with Gasteiger partial charge >= 0.3 is 0 Å². The lowest BCUT2D eigenvalue weighted by Crippen LogP contribution is -2.46. The third kappa shape index (κ3) is 5.81. The summed E-state index contributed by atoms with van der Waals surface area (Å²) in [7, 11) is -1.51. The fourth-order valence-electron chi connectivity index (χ4n) is 4.49. The second-order valence-electron chi connectivity index (χ2n) is 8.97. The Hall–Kier alpha value is -1.95. The van der Waals surface area contributed by atoms with Gasteiger partial charge in [0, 0.05) is 44.3 Å². The molecule has 0 spiro atoms. The molecule has 34 heavy (non-hydrogen) atoms. The zero-order valence-electron chi connectivity index (χ0n) is 19.9. The molecule has 1 N–H and O–H groups in total. The van der Waals surface area contributed by atoms with E-state index in [1.807, 2.05) is 18.5 Å². The van der Waals surface area contributed by atoms with Gasteiger partial charge in [0.25, 0.3) is 0 Å². The van der Waals surface area contributed by atoms with Gasteiger partial charge in [-0.2, -0.15) is 4.31 Å². The van der Waals surface area contributed by atoms with Crippen molar-refractivity contribution >= 4 is 27.7 Å². The second kappa shape index (κ2) is 11.2. The van der Waals surface area contributed by atoms with Crippen LogP contribution < -0.4 is 5.32 Å². The van der Waals surface area contributed by atoms with Crippen LogP contribution in [0.2, 0.25) is 0 Å². The molecule has 1 saturated heterocycles. The first kappa shape index (κ1) is 25.2. The van der Waals surface area contributed by atoms with E-state index in [1.165, 1.54) is 31.0 Å². The highest BCUT2D eigenvalue weighted by Gasteiger charge is 2.27. The van der Waals surface area contributed by atoms with Crippen LogP contribution in [0, 0.1) is 0 Å². The van der Waals surface area contributed by atoms with Crippen LogP contribution in [0.5, 0.6) is 0 Å². The van der Waals surface area contributed by atoms with Crippen molar-refractivity contribution < 1.29 is 13.2 Å². The SMILES string of the molecule is CCn1c(SCC(=O)NC2CCCCC2)nnc1-c1ccc(S(=O)(=O)N2CCN(C)CC2)cc1. The third-order valence-electron chi connectivity index (χ3n) is 6.55. The topological polar surface area (TPSA) is 100 Å². The maximum atomic E-state index is 13.0. The van der Waals surface area contributed by atoms with Gasteiger partial charge in [-0.05, 0) is 51.1 Å². The van der Waals surface area contributed by atoms with Crippen LogP contribution in [0.3, 0.4) is 0 Å². The molecule has 1 aromatic heterocycles. The molecule has 1 amide bonds. The van der Waals surface area contributed by atoms with Gasteiger partial charge in [-0.15, -0.1) is 10.2 Å². The fraction of sp³-hybridized carbons (Fsp3) is 0.609. The predicted molar refractivity (Wildman–Crippen MR) is 133 cm³/mol. The standard InChI is InChI=1S/C23H34N6O3S2/c1-3-29-22(25-26-23(29)33-17-21(30)24-19-7-5-4-6-8-19)18-9-11-20(12-10-18)34(31,32)28-15-13-27(2)14-16-28/h9-12,19H,3-8,13-17H2,1-2H3,(H,24,30). The number of hydrogen-bond donors (Lipinski definition) is 1. The molecule has 1 aliphatic carbocycles. The molecular formula is C23H34N6O3S2. The normalized spacial score (nSPS) is 18.8. The van der Waals surface area contributed by atoms with Gasteiger partial charge in [-0.25, -0.2) is 8.42 Å². The van der Waals surface area contributed by atoms with Gasteiger partial charge < -0.3 is 14.8 Å². The van der Waals surface area contributed by atoms with Crippen LogP contribution in [0.15, 0.2) is 34.3 Å². The van der Waals surface area contributed by atoms with Gasteiger partial charge in [0.1, 0.15) is 0 Å². The molecule has 1 aliphatic heterocycles. The van der Waals surface area contributed by atoms with Gasteiger partial charge in [0.05, 0.1) is 10.6 Å². The number of carbonyl (C=O) groups is 1. The maximum absolute atomic E-state index is 13.0. The Morgan fingerprint density at radius 2 is 1.74 bits per heavy atom. The Morgan fingerprint density at radius 3 is 2.38 bits per heavy atom. The number of hydrogen-bond acceptors (Lipinski definition) is 7. The van der Waals surface area contributed by atoms with Crippen molar-refractivity contribution in [2.45, 2.75) is 61.7 Å². The molecule has 2 aliphatic rings. The van der Waals surface area contributed by atoms with Crippen molar-refractivity contribution in [3.05, 3.63) is 24.3 Å². The van der Waals surface area contributed by atoms with E-state index in [9.17, 15) is 13.2 Å². The van der Waals surface area contributed by atoms with E-state index in [-0.39, 0.29) is 10.8 Å². The lowest BCUT2D eigenvalue weighted by atomic mass is 9.95. The number of likely N-dealkylation sites (N-methyl/N-ethyl adjacent to an activating group) is 1. The number of nitrogens with zero attached hydrogens (tertiary/aromatic N) is 5. The fourth-order valence-corrected chi connectivity index (χ4v) is 6.73. The molecule has 11 heteroatoms. The van der Waals surface area contributed by atoms with E-state index in [0.717, 1.165) is 31.5 Å². The summed E-state index contributed by atoms with van der Waals surface area (Å²) in [6.07, 6.45) is 5.74. The van der Waals surface area contributed by atoms with Crippen LogP contribution in [0.25, 0.3) is 11.4 Å². The van der Waals surface area contributed by atoms with E-state index in [0.29, 0.717) is 42.4 Å². The minimum atomic E-state index is -3.51. The number of rotatable bonds is 8. The number of benzene rings is 1. The molecule has 4 rings (SSSR count). The molecule has 2 heterocycles. The number of nitrogens with one attached hydrogen (secondary N) is 1. The first-order valence-electron chi connectivity index (χ1n) is 12.0. The van der Waals surface area contributed by atoms with Gasteiger partial charge in [0.15, 0.2) is 11.0 Å². The Bertz CT molecular complexity index is 1070. The third-order valence-corrected chi connectivity index (χ3v) is 9.43. The molecule has 0 bridgehead atoms. The largest absolute Gasteiger partial charge is 0.353 e. The quantitative estimate of drug-likeness (QED) is 0.549. The van der Waals surface area contributed by atoms with E-state index < -0.39 is 10.0 Å². The highest BCUT2D eigenvalue weighted by molar-refractivity contribution is 7.99. The van der Waals surface area contributed by atoms with Gasteiger partial charge in [-0.3, -0.25) is 4.79 Å². The van der Waals surface area contributed by atoms with Crippen LogP contribution in [-0.2, 0) is 21.4 Å². The summed E-state index contributed by atoms with van der Waals surface area (Å²) in [6.45, 7) is 5.12. The average Bonchev–Trinajstić information content (AvgIpc) is 3.27. The van der Waals surface area contributed by atoms with Crippen LogP contribution in [-0.4, -0.2) is 83.3 Å². The van der Waals surface area contributed by atoms with Gasteiger partial charge in [-0.1, -0.05) is 31.0 Å². The highest BCUT2D eigenvalue weighted by Crippen LogP contribution is 2.26. The van der Waals surface area contributed by atoms with Crippen molar-refractivity contribution in [2.24, 2.45) is 0 Å². The van der Waals surface area contributed by atoms with E-state index in [4.69, 9.17) is 0 Å². The van der Waals surface area contributed by atoms with E-state index >= 15 is 0 Å². The number of aromatic nitrogens is 3. The van der Waals surface area contributed by atoms with Crippen molar-refractivity contribution in [2.75, 3.05) is 39.0 Å². The summed E-state index contributed by atoms with van der Waals surface area (Å²) in [5.74, 6) is 1.00. The molecule has 0 radical (unpaired) electrons. The van der Waals surface area contributed by atoms with Crippen LogP contribution in [0.4, 0.5) is 0 Å². The molecular weight excluding hydrogens is 472 g/mol.